The predicted molar refractivity (Wildman–Crippen MR) is 181 cm³/mol. The van der Waals surface area contributed by atoms with Gasteiger partial charge in [0.2, 0.25) is 0 Å². The zero-order chi connectivity index (χ0) is 28.3. The smallest absolute Gasteiger partial charge is 0.0361 e. The van der Waals surface area contributed by atoms with E-state index in [4.69, 9.17) is 0 Å². The quantitative estimate of drug-likeness (QED) is 0.340. The van der Waals surface area contributed by atoms with Crippen molar-refractivity contribution in [2.45, 2.75) is 104 Å². The number of hydrogen-bond acceptors (Lipinski definition) is 2. The zero-order valence-corrected chi connectivity index (χ0v) is 29.4. The van der Waals surface area contributed by atoms with Crippen LogP contribution < -0.4 is 20.4 Å². The number of hydrogen-bond donors (Lipinski definition) is 0. The maximum absolute atomic E-state index is 2.36. The Morgan fingerprint density at radius 3 is 0.730 bits per heavy atom. The Morgan fingerprint density at radius 2 is 0.595 bits per heavy atom. The first kappa shape index (κ1) is 36.2. The monoisotopic (exact) mass is 566 g/mol. The molecule has 0 fully saturated rings. The maximum atomic E-state index is 2.36. The van der Waals surface area contributed by atoms with Crippen LogP contribution in [-0.4, -0.2) is 48.8 Å². The maximum Gasteiger partial charge on any atom is 0.0361 e. The average molecular weight is 567 g/mol. The summed E-state index contributed by atoms with van der Waals surface area (Å²) in [5.74, 6) is 0. The van der Waals surface area contributed by atoms with E-state index in [1.54, 1.807) is 0 Å². The molecule has 0 atom stereocenters. The Morgan fingerprint density at radius 1 is 0.405 bits per heavy atom. The molecule has 2 aromatic carbocycles. The van der Waals surface area contributed by atoms with E-state index in [0.29, 0.717) is 20.6 Å². The summed E-state index contributed by atoms with van der Waals surface area (Å²) in [4.78, 5) is 4.31. The van der Waals surface area contributed by atoms with E-state index in [-0.39, 0.29) is 28.3 Å². The molecule has 0 radical (unpaired) electrons. The van der Waals surface area contributed by atoms with E-state index in [9.17, 15) is 0 Å². The molecule has 0 bridgehead atoms. The minimum absolute atomic E-state index is 0. The lowest BCUT2D eigenvalue weighted by molar-refractivity contribution is 0.714. The highest BCUT2D eigenvalue weighted by Gasteiger charge is 2.36. The van der Waals surface area contributed by atoms with Crippen molar-refractivity contribution in [3.63, 3.8) is 0 Å². The number of anilines is 2. The van der Waals surface area contributed by atoms with Crippen molar-refractivity contribution in [2.75, 3.05) is 38.0 Å². The van der Waals surface area contributed by atoms with E-state index in [1.165, 1.54) is 22.0 Å². The molecule has 0 aliphatic carbocycles. The highest BCUT2D eigenvalue weighted by Crippen LogP contribution is 2.59. The van der Waals surface area contributed by atoms with Crippen LogP contribution in [0.25, 0.3) is 0 Å². The molecule has 0 amide bonds. The van der Waals surface area contributed by atoms with Gasteiger partial charge in [0.15, 0.2) is 0 Å². The normalized spacial score (nSPS) is 12.6. The molecule has 5 heteroatoms. The molecule has 37 heavy (non-hydrogen) atoms. The third kappa shape index (κ3) is 11.1. The second-order valence-electron chi connectivity index (χ2n) is 14.2. The summed E-state index contributed by atoms with van der Waals surface area (Å²) in [7, 11) is 7.98. The van der Waals surface area contributed by atoms with Crippen LogP contribution in [0.4, 0.5) is 11.4 Å². The van der Waals surface area contributed by atoms with E-state index in [0.717, 1.165) is 0 Å². The number of halogens is 1. The third-order valence-electron chi connectivity index (χ3n) is 5.93. The summed E-state index contributed by atoms with van der Waals surface area (Å²) in [6.45, 7) is 28.4. The van der Waals surface area contributed by atoms with Gasteiger partial charge >= 0.3 is 0 Å². The van der Waals surface area contributed by atoms with Gasteiger partial charge in [-0.25, -0.2) is 0 Å². The molecule has 0 saturated carbocycles. The van der Waals surface area contributed by atoms with E-state index < -0.39 is 0 Å². The van der Waals surface area contributed by atoms with E-state index >= 15 is 0 Å². The van der Waals surface area contributed by atoms with Crippen molar-refractivity contribution in [1.29, 1.82) is 0 Å². The summed E-state index contributed by atoms with van der Waals surface area (Å²) in [6.07, 6.45) is 0. The molecule has 0 spiro atoms. The summed E-state index contributed by atoms with van der Waals surface area (Å²) in [6, 6.07) is 18.2. The lowest BCUT2D eigenvalue weighted by atomic mass is 10.2. The zero-order valence-electron chi connectivity index (χ0n) is 26.8. The molecule has 0 aromatic heterocycles. The molecule has 2 aromatic rings. The van der Waals surface area contributed by atoms with Crippen LogP contribution in [0.5, 0.6) is 0 Å². The fourth-order valence-electron chi connectivity index (χ4n) is 5.36. The van der Waals surface area contributed by atoms with Crippen LogP contribution in [0.1, 0.15) is 83.1 Å². The second-order valence-corrected chi connectivity index (χ2v) is 21.9. The van der Waals surface area contributed by atoms with Gasteiger partial charge in [0.05, 0.1) is 0 Å². The van der Waals surface area contributed by atoms with Crippen molar-refractivity contribution in [3.05, 3.63) is 48.5 Å². The van der Waals surface area contributed by atoms with Crippen molar-refractivity contribution < 1.29 is 0 Å². The van der Waals surface area contributed by atoms with Crippen LogP contribution in [0.2, 0.25) is 0 Å². The summed E-state index contributed by atoms with van der Waals surface area (Å²) in [5, 5.41) is 4.38. The van der Waals surface area contributed by atoms with Crippen LogP contribution in [0.3, 0.4) is 0 Å². The molecule has 0 N–H and O–H groups in total. The van der Waals surface area contributed by atoms with Gasteiger partial charge in [-0.2, -0.15) is 0 Å². The van der Waals surface area contributed by atoms with Gasteiger partial charge in [-0.15, -0.1) is 12.4 Å². The SMILES string of the molecule is CN(C)c1ccc(P(C(C)(C)C)C(C)(C)C)cc1.CN(C)c1ccc(P(C(C)(C)C)C(C)(C)C)cc1.Cl. The van der Waals surface area contributed by atoms with Gasteiger partial charge in [-0.1, -0.05) is 123 Å². The van der Waals surface area contributed by atoms with E-state index in [1.807, 2.05) is 0 Å². The first-order chi connectivity index (χ1) is 16.1. The third-order valence-corrected chi connectivity index (χ3v) is 12.9. The Kier molecular flexibility index (Phi) is 13.2. The molecule has 0 heterocycles. The number of rotatable bonds is 4. The first-order valence-corrected chi connectivity index (χ1v) is 15.9. The fraction of sp³-hybridized carbons (Fsp3) is 0.625. The Labute approximate surface area is 239 Å². The van der Waals surface area contributed by atoms with Gasteiger partial charge in [-0.05, 0) is 55.5 Å². The predicted octanol–water partition coefficient (Wildman–Crippen LogP) is 9.34. The number of nitrogens with zero attached hydrogens (tertiary/aromatic N) is 2. The van der Waals surface area contributed by atoms with E-state index in [2.05, 4.69) is 170 Å². The topological polar surface area (TPSA) is 6.48 Å². The van der Waals surface area contributed by atoms with Crippen LogP contribution >= 0.6 is 28.3 Å². The van der Waals surface area contributed by atoms with Gasteiger partial charge in [0, 0.05) is 39.6 Å². The molecular weight excluding hydrogens is 510 g/mol. The van der Waals surface area contributed by atoms with Gasteiger partial charge in [0.1, 0.15) is 0 Å². The first-order valence-electron chi connectivity index (χ1n) is 13.2. The molecule has 0 aliphatic rings. The van der Waals surface area contributed by atoms with Crippen molar-refractivity contribution in [1.82, 2.24) is 0 Å². The van der Waals surface area contributed by atoms with Crippen molar-refractivity contribution >= 4 is 50.2 Å². The number of benzene rings is 2. The minimum atomic E-state index is -0.188. The largest absolute Gasteiger partial charge is 0.378 e. The van der Waals surface area contributed by atoms with Crippen LogP contribution in [0.15, 0.2) is 48.5 Å². The highest BCUT2D eigenvalue weighted by atomic mass is 35.5. The van der Waals surface area contributed by atoms with Gasteiger partial charge in [-0.3, -0.25) is 0 Å². The molecule has 0 aliphatic heterocycles. The molecule has 212 valence electrons. The van der Waals surface area contributed by atoms with Gasteiger partial charge < -0.3 is 9.80 Å². The van der Waals surface area contributed by atoms with Crippen LogP contribution in [0, 0.1) is 0 Å². The average Bonchev–Trinajstić information content (AvgIpc) is 2.65. The van der Waals surface area contributed by atoms with Crippen molar-refractivity contribution in [3.8, 4) is 0 Å². The van der Waals surface area contributed by atoms with Crippen LogP contribution in [-0.2, 0) is 0 Å². The molecule has 2 nitrogen and oxygen atoms in total. The summed E-state index contributed by atoms with van der Waals surface area (Å²) >= 11 is 0. The second kappa shape index (κ2) is 13.5. The minimum Gasteiger partial charge on any atom is -0.378 e. The Bertz CT molecular complexity index is 816. The summed E-state index contributed by atoms with van der Waals surface area (Å²) < 4.78 is 0. The Balaban J connectivity index is 0.000000682. The van der Waals surface area contributed by atoms with Crippen molar-refractivity contribution in [2.24, 2.45) is 0 Å². The standard InChI is InChI=1S/2C16H28NP.ClH/c2*1-15(2,3)18(16(4,5)6)14-11-9-13(10-12-14)17(7)8;/h2*9-12H,1-8H3;1H. The Hall–Kier alpha value is -0.810. The highest BCUT2D eigenvalue weighted by molar-refractivity contribution is 7.68. The molecule has 2 rings (SSSR count). The molecular formula is C32H57ClN2P2. The lowest BCUT2D eigenvalue weighted by Gasteiger charge is -2.42. The fourth-order valence-corrected chi connectivity index (χ4v) is 13.4. The van der Waals surface area contributed by atoms with Gasteiger partial charge in [0.25, 0.3) is 0 Å². The lowest BCUT2D eigenvalue weighted by Crippen LogP contribution is -2.31. The molecule has 0 saturated heterocycles. The molecule has 0 unspecified atom stereocenters. The summed E-state index contributed by atoms with van der Waals surface area (Å²) in [5.41, 5.74) is 2.55.